The lowest BCUT2D eigenvalue weighted by atomic mass is 10.1. The summed E-state index contributed by atoms with van der Waals surface area (Å²) in [6.07, 6.45) is -0.754. The van der Waals surface area contributed by atoms with Crippen molar-refractivity contribution in [1.82, 2.24) is 5.32 Å². The topological polar surface area (TPSA) is 58.6 Å². The molecule has 0 fully saturated rings. The first-order valence-corrected chi connectivity index (χ1v) is 6.50. The molecule has 0 bridgehead atoms. The second kappa shape index (κ2) is 6.89. The molecule has 5 heteroatoms. The monoisotopic (exact) mass is 285 g/mol. The normalized spacial score (nSPS) is 13.1. The number of nitrogens with one attached hydrogen (secondary N) is 1. The number of hydrogen-bond donors (Lipinski definition) is 2. The average molecular weight is 286 g/mol. The van der Waals surface area contributed by atoms with Crippen molar-refractivity contribution in [3.05, 3.63) is 34.9 Å². The summed E-state index contributed by atoms with van der Waals surface area (Å²) < 4.78 is 5.33. The summed E-state index contributed by atoms with van der Waals surface area (Å²) in [5, 5.41) is 13.1. The van der Waals surface area contributed by atoms with Crippen LogP contribution < -0.4 is 5.32 Å². The van der Waals surface area contributed by atoms with Crippen LogP contribution in [0.15, 0.2) is 24.3 Å². The molecule has 0 radical (unpaired) electrons. The fraction of sp³-hybridized carbons (Fsp3) is 0.500. The molecule has 1 unspecified atom stereocenters. The number of amides is 1. The van der Waals surface area contributed by atoms with E-state index < -0.39 is 6.10 Å². The number of aliphatic hydroxyl groups excluding tert-OH is 1. The third kappa shape index (κ3) is 6.57. The van der Waals surface area contributed by atoms with Crippen LogP contribution in [-0.4, -0.2) is 29.8 Å². The Morgan fingerprint density at radius 1 is 1.37 bits per heavy atom. The van der Waals surface area contributed by atoms with E-state index in [0.717, 1.165) is 0 Å². The number of rotatable bonds is 5. The summed E-state index contributed by atoms with van der Waals surface area (Å²) in [6, 6.07) is 6.85. The molecule has 19 heavy (non-hydrogen) atoms. The maximum Gasteiger partial charge on any atom is 0.246 e. The van der Waals surface area contributed by atoms with Gasteiger partial charge in [0.1, 0.15) is 6.61 Å². The lowest BCUT2D eigenvalue weighted by molar-refractivity contribution is -0.131. The Morgan fingerprint density at radius 3 is 2.47 bits per heavy atom. The van der Waals surface area contributed by atoms with Gasteiger partial charge in [-0.15, -0.1) is 0 Å². The lowest BCUT2D eigenvalue weighted by Crippen LogP contribution is -2.34. The first kappa shape index (κ1) is 16.0. The van der Waals surface area contributed by atoms with Gasteiger partial charge in [0.2, 0.25) is 5.91 Å². The van der Waals surface area contributed by atoms with Crippen molar-refractivity contribution in [2.24, 2.45) is 0 Å². The molecule has 106 valence electrons. The number of aliphatic hydroxyl groups is 1. The predicted molar refractivity (Wildman–Crippen MR) is 75.1 cm³/mol. The molecule has 1 atom stereocenters. The van der Waals surface area contributed by atoms with Gasteiger partial charge in [0.25, 0.3) is 0 Å². The van der Waals surface area contributed by atoms with E-state index in [9.17, 15) is 9.90 Å². The molecule has 0 aliphatic carbocycles. The van der Waals surface area contributed by atoms with E-state index in [0.29, 0.717) is 10.6 Å². The fourth-order valence-corrected chi connectivity index (χ4v) is 1.47. The minimum absolute atomic E-state index is 0.0170. The number of carbonyl (C=O) groups is 1. The molecule has 0 aromatic heterocycles. The minimum Gasteiger partial charge on any atom is -0.387 e. The van der Waals surface area contributed by atoms with Gasteiger partial charge in [-0.3, -0.25) is 4.79 Å². The van der Waals surface area contributed by atoms with Crippen LogP contribution in [0.3, 0.4) is 0 Å². The van der Waals surface area contributed by atoms with Crippen LogP contribution in [0.5, 0.6) is 0 Å². The zero-order valence-electron chi connectivity index (χ0n) is 11.4. The van der Waals surface area contributed by atoms with Crippen LogP contribution in [0, 0.1) is 0 Å². The highest BCUT2D eigenvalue weighted by atomic mass is 35.5. The Labute approximate surface area is 118 Å². The van der Waals surface area contributed by atoms with Gasteiger partial charge in [-0.05, 0) is 38.5 Å². The number of halogens is 1. The van der Waals surface area contributed by atoms with Crippen molar-refractivity contribution >= 4 is 17.5 Å². The first-order chi connectivity index (χ1) is 8.78. The SMILES string of the molecule is CC(C)(C)OCC(=O)NCC(O)c1ccc(Cl)cc1. The largest absolute Gasteiger partial charge is 0.387 e. The molecule has 2 N–H and O–H groups in total. The second-order valence-electron chi connectivity index (χ2n) is 5.27. The van der Waals surface area contributed by atoms with Gasteiger partial charge < -0.3 is 15.2 Å². The predicted octanol–water partition coefficient (Wildman–Crippen LogP) is 2.30. The van der Waals surface area contributed by atoms with Gasteiger partial charge in [-0.1, -0.05) is 23.7 Å². The zero-order valence-corrected chi connectivity index (χ0v) is 12.2. The van der Waals surface area contributed by atoms with E-state index in [1.807, 2.05) is 20.8 Å². The Kier molecular flexibility index (Phi) is 5.79. The summed E-state index contributed by atoms with van der Waals surface area (Å²) in [5.74, 6) is -0.247. The molecule has 0 aliphatic rings. The fourth-order valence-electron chi connectivity index (χ4n) is 1.35. The molecule has 0 saturated heterocycles. The Bertz CT molecular complexity index is 412. The maximum atomic E-state index is 11.5. The van der Waals surface area contributed by atoms with Crippen LogP contribution in [0.25, 0.3) is 0 Å². The van der Waals surface area contributed by atoms with Crippen LogP contribution in [0.1, 0.15) is 32.4 Å². The minimum atomic E-state index is -0.754. The van der Waals surface area contributed by atoms with Crippen LogP contribution >= 0.6 is 11.6 Å². The third-order valence-electron chi connectivity index (χ3n) is 2.38. The van der Waals surface area contributed by atoms with Gasteiger partial charge in [0, 0.05) is 11.6 Å². The van der Waals surface area contributed by atoms with Crippen molar-refractivity contribution in [1.29, 1.82) is 0 Å². The van der Waals surface area contributed by atoms with E-state index in [2.05, 4.69) is 5.32 Å². The highest BCUT2D eigenvalue weighted by Crippen LogP contribution is 2.15. The number of benzene rings is 1. The number of carbonyl (C=O) groups excluding carboxylic acids is 1. The van der Waals surface area contributed by atoms with E-state index in [4.69, 9.17) is 16.3 Å². The van der Waals surface area contributed by atoms with Gasteiger partial charge in [0.15, 0.2) is 0 Å². The van der Waals surface area contributed by atoms with E-state index in [-0.39, 0.29) is 24.7 Å². The van der Waals surface area contributed by atoms with Crippen molar-refractivity contribution in [3.63, 3.8) is 0 Å². The lowest BCUT2D eigenvalue weighted by Gasteiger charge is -2.19. The molecular formula is C14H20ClNO3. The molecule has 1 aromatic carbocycles. The molecule has 4 nitrogen and oxygen atoms in total. The summed E-state index contributed by atoms with van der Waals surface area (Å²) in [6.45, 7) is 5.76. The molecule has 0 heterocycles. The summed E-state index contributed by atoms with van der Waals surface area (Å²) in [4.78, 5) is 11.5. The Morgan fingerprint density at radius 2 is 1.95 bits per heavy atom. The Balaban J connectivity index is 2.35. The molecule has 0 spiro atoms. The zero-order chi connectivity index (χ0) is 14.5. The molecular weight excluding hydrogens is 266 g/mol. The van der Waals surface area contributed by atoms with Crippen molar-refractivity contribution in [2.75, 3.05) is 13.2 Å². The number of ether oxygens (including phenoxy) is 1. The standard InChI is InChI=1S/C14H20ClNO3/c1-14(2,3)19-9-13(18)16-8-12(17)10-4-6-11(15)7-5-10/h4-7,12,17H,8-9H2,1-3H3,(H,16,18). The van der Waals surface area contributed by atoms with E-state index >= 15 is 0 Å². The molecule has 1 amide bonds. The van der Waals surface area contributed by atoms with Gasteiger partial charge in [-0.2, -0.15) is 0 Å². The molecule has 0 aliphatic heterocycles. The van der Waals surface area contributed by atoms with Gasteiger partial charge >= 0.3 is 0 Å². The highest BCUT2D eigenvalue weighted by Gasteiger charge is 2.14. The Hall–Kier alpha value is -1.10. The second-order valence-corrected chi connectivity index (χ2v) is 5.71. The molecule has 1 rings (SSSR count). The quantitative estimate of drug-likeness (QED) is 0.873. The van der Waals surface area contributed by atoms with Crippen molar-refractivity contribution in [3.8, 4) is 0 Å². The summed E-state index contributed by atoms with van der Waals surface area (Å²) in [7, 11) is 0. The number of hydrogen-bond acceptors (Lipinski definition) is 3. The first-order valence-electron chi connectivity index (χ1n) is 6.12. The average Bonchev–Trinajstić information content (AvgIpc) is 2.33. The highest BCUT2D eigenvalue weighted by molar-refractivity contribution is 6.30. The summed E-state index contributed by atoms with van der Waals surface area (Å²) in [5.41, 5.74) is 0.355. The van der Waals surface area contributed by atoms with E-state index in [1.54, 1.807) is 24.3 Å². The van der Waals surface area contributed by atoms with E-state index in [1.165, 1.54) is 0 Å². The molecule has 0 saturated carbocycles. The van der Waals surface area contributed by atoms with Crippen LogP contribution in [0.4, 0.5) is 0 Å². The van der Waals surface area contributed by atoms with Crippen LogP contribution in [0.2, 0.25) is 5.02 Å². The van der Waals surface area contributed by atoms with Crippen molar-refractivity contribution in [2.45, 2.75) is 32.5 Å². The summed E-state index contributed by atoms with van der Waals surface area (Å²) >= 11 is 5.76. The van der Waals surface area contributed by atoms with Crippen LogP contribution in [-0.2, 0) is 9.53 Å². The van der Waals surface area contributed by atoms with Gasteiger partial charge in [0.05, 0.1) is 11.7 Å². The maximum absolute atomic E-state index is 11.5. The smallest absolute Gasteiger partial charge is 0.246 e. The van der Waals surface area contributed by atoms with Crippen molar-refractivity contribution < 1.29 is 14.6 Å². The molecule has 1 aromatic rings. The third-order valence-corrected chi connectivity index (χ3v) is 2.64. The van der Waals surface area contributed by atoms with Gasteiger partial charge in [-0.25, -0.2) is 0 Å².